The number of anilines is 1. The van der Waals surface area contributed by atoms with Crippen LogP contribution in [0.4, 0.5) is 5.13 Å². The fourth-order valence-corrected chi connectivity index (χ4v) is 13.5. The highest BCUT2D eigenvalue weighted by Crippen LogP contribution is 2.43. The number of hydrogen-bond acceptors (Lipinski definition) is 12. The molecule has 2 amide bonds. The molecule has 1 aromatic heterocycles. The summed E-state index contributed by atoms with van der Waals surface area (Å²) in [6, 6.07) is 65.6. The summed E-state index contributed by atoms with van der Waals surface area (Å²) in [6.07, 6.45) is 0.0463. The van der Waals surface area contributed by atoms with Crippen LogP contribution in [0.2, 0.25) is 0 Å². The Balaban J connectivity index is 0.940. The predicted molar refractivity (Wildman–Crippen MR) is 309 cm³/mol. The molecule has 402 valence electrons. The Bertz CT molecular complexity index is 3400. The largest absolute Gasteiger partial charge is 0.450 e. The van der Waals surface area contributed by atoms with Crippen LogP contribution in [-0.4, -0.2) is 72.2 Å². The zero-order valence-electron chi connectivity index (χ0n) is 43.1. The van der Waals surface area contributed by atoms with Gasteiger partial charge in [0.15, 0.2) is 23.1 Å². The zero-order chi connectivity index (χ0) is 55.1. The van der Waals surface area contributed by atoms with Crippen molar-refractivity contribution in [2.24, 2.45) is 5.16 Å². The summed E-state index contributed by atoms with van der Waals surface area (Å²) < 4.78 is 26.9. The number of thiazole rings is 1. The molecule has 16 heteroatoms. The van der Waals surface area contributed by atoms with Crippen molar-refractivity contribution >= 4 is 68.3 Å². The molecular formula is C64H54ClN5O8S2. The van der Waals surface area contributed by atoms with Crippen LogP contribution in [0.5, 0.6) is 0 Å². The molecule has 0 spiro atoms. The first-order valence-corrected chi connectivity index (χ1v) is 29.0. The van der Waals surface area contributed by atoms with E-state index in [0.29, 0.717) is 29.1 Å². The van der Waals surface area contributed by atoms with Crippen molar-refractivity contribution in [3.63, 3.8) is 0 Å². The minimum Gasteiger partial charge on any atom is -0.450 e. The van der Waals surface area contributed by atoms with Crippen LogP contribution in [0.15, 0.2) is 234 Å². The molecule has 0 radical (unpaired) electrons. The van der Waals surface area contributed by atoms with E-state index in [1.165, 1.54) is 11.3 Å². The number of nitrogens with zero attached hydrogens (tertiary/aromatic N) is 3. The second-order valence-electron chi connectivity index (χ2n) is 19.6. The molecule has 3 aliphatic rings. The summed E-state index contributed by atoms with van der Waals surface area (Å²) >= 11 is 7.66. The molecule has 2 fully saturated rings. The summed E-state index contributed by atoms with van der Waals surface area (Å²) in [5.74, 6) is -3.50. The third-order valence-electron chi connectivity index (χ3n) is 14.7. The van der Waals surface area contributed by atoms with E-state index in [-0.39, 0.29) is 47.2 Å². The first kappa shape index (κ1) is 53.5. The molecule has 3 atom stereocenters. The molecule has 1 saturated heterocycles. The van der Waals surface area contributed by atoms with Crippen molar-refractivity contribution in [1.29, 1.82) is 0 Å². The van der Waals surface area contributed by atoms with Crippen molar-refractivity contribution in [1.82, 2.24) is 15.2 Å². The summed E-state index contributed by atoms with van der Waals surface area (Å²) in [5, 5.41) is 11.9. The fourth-order valence-electron chi connectivity index (χ4n) is 10.7. The average Bonchev–Trinajstić information content (AvgIpc) is 4.33. The Labute approximate surface area is 474 Å². The number of benzene rings is 7. The Hall–Kier alpha value is -8.50. The smallest absolute Gasteiger partial charge is 0.356 e. The number of esters is 2. The molecule has 2 aliphatic heterocycles. The summed E-state index contributed by atoms with van der Waals surface area (Å²) in [5.41, 5.74) is 2.83. The number of ether oxygens (including phenoxy) is 2. The quantitative estimate of drug-likeness (QED) is 0.0199. The van der Waals surface area contributed by atoms with E-state index in [9.17, 15) is 18.6 Å². The lowest BCUT2D eigenvalue weighted by atomic mass is 9.77. The van der Waals surface area contributed by atoms with Gasteiger partial charge in [0, 0.05) is 24.1 Å². The lowest BCUT2D eigenvalue weighted by Crippen LogP contribution is -2.74. The number of alkyl halides is 1. The van der Waals surface area contributed by atoms with Crippen molar-refractivity contribution in [2.45, 2.75) is 60.4 Å². The molecule has 80 heavy (non-hydrogen) atoms. The molecular weight excluding hydrogens is 1070 g/mol. The molecule has 11 rings (SSSR count). The number of fused-ring (bicyclic) bond motifs is 1. The van der Waals surface area contributed by atoms with E-state index in [0.717, 1.165) is 32.7 Å². The third kappa shape index (κ3) is 10.7. The van der Waals surface area contributed by atoms with Gasteiger partial charge >= 0.3 is 11.9 Å². The van der Waals surface area contributed by atoms with Crippen molar-refractivity contribution in [2.75, 3.05) is 16.9 Å². The van der Waals surface area contributed by atoms with Crippen molar-refractivity contribution in [3.05, 3.63) is 274 Å². The maximum absolute atomic E-state index is 15.2. The lowest BCUT2D eigenvalue weighted by molar-refractivity contribution is -0.176. The number of oxime groups is 1. The molecule has 0 bridgehead atoms. The first-order valence-electron chi connectivity index (χ1n) is 26.3. The number of aromatic nitrogens is 1. The normalized spacial score (nSPS) is 17.8. The molecule has 2 unspecified atom stereocenters. The van der Waals surface area contributed by atoms with E-state index >= 15 is 4.79 Å². The number of nitrogens with one attached hydrogen (secondary N) is 2. The molecule has 8 aromatic rings. The Morgan fingerprint density at radius 3 is 1.56 bits per heavy atom. The van der Waals surface area contributed by atoms with Gasteiger partial charge in [-0.2, -0.15) is 0 Å². The van der Waals surface area contributed by atoms with Gasteiger partial charge in [0.1, 0.15) is 28.3 Å². The lowest BCUT2D eigenvalue weighted by Gasteiger charge is -2.49. The van der Waals surface area contributed by atoms with Crippen LogP contribution in [-0.2, 0) is 49.8 Å². The Morgan fingerprint density at radius 2 is 1.11 bits per heavy atom. The van der Waals surface area contributed by atoms with Crippen LogP contribution >= 0.6 is 22.9 Å². The number of amides is 2. The van der Waals surface area contributed by atoms with Gasteiger partial charge in [-0.25, -0.2) is 14.6 Å². The van der Waals surface area contributed by atoms with Gasteiger partial charge in [0.05, 0.1) is 16.6 Å². The van der Waals surface area contributed by atoms with Crippen molar-refractivity contribution in [3.8, 4) is 0 Å². The Kier molecular flexibility index (Phi) is 15.9. The van der Waals surface area contributed by atoms with E-state index in [1.807, 2.05) is 212 Å². The van der Waals surface area contributed by atoms with E-state index < -0.39 is 69.3 Å². The maximum Gasteiger partial charge on any atom is 0.356 e. The topological polar surface area (TPSA) is 166 Å². The van der Waals surface area contributed by atoms with Gasteiger partial charge in [-0.3, -0.25) is 18.7 Å². The molecule has 3 heterocycles. The van der Waals surface area contributed by atoms with Gasteiger partial charge in [-0.1, -0.05) is 217 Å². The second-order valence-corrected chi connectivity index (χ2v) is 22.3. The predicted octanol–water partition coefficient (Wildman–Crippen LogP) is 11.2. The van der Waals surface area contributed by atoms with E-state index in [4.69, 9.17) is 30.9 Å². The van der Waals surface area contributed by atoms with Crippen LogP contribution in [0.1, 0.15) is 82.5 Å². The van der Waals surface area contributed by atoms with Gasteiger partial charge in [-0.05, 0) is 57.4 Å². The average molecular weight is 1120 g/mol. The monoisotopic (exact) mass is 1120 g/mol. The summed E-state index contributed by atoms with van der Waals surface area (Å²) in [4.78, 5) is 71.5. The van der Waals surface area contributed by atoms with Crippen LogP contribution < -0.4 is 10.6 Å². The van der Waals surface area contributed by atoms with Crippen LogP contribution in [0.3, 0.4) is 0 Å². The minimum atomic E-state index is -1.84. The molecule has 13 nitrogen and oxygen atoms in total. The number of rotatable bonds is 19. The second kappa shape index (κ2) is 23.8. The molecule has 1 aliphatic carbocycles. The zero-order valence-corrected chi connectivity index (χ0v) is 45.5. The third-order valence-corrected chi connectivity index (χ3v) is 17.4. The fraction of sp³-hybridized carbons (Fsp3) is 0.188. The van der Waals surface area contributed by atoms with E-state index in [1.54, 1.807) is 5.38 Å². The van der Waals surface area contributed by atoms with Crippen molar-refractivity contribution < 1.29 is 37.7 Å². The first-order chi connectivity index (χ1) is 39.2. The number of halogens is 1. The van der Waals surface area contributed by atoms with Crippen LogP contribution in [0.25, 0.3) is 0 Å². The van der Waals surface area contributed by atoms with Gasteiger partial charge < -0.3 is 24.9 Å². The number of carbonyl (C=O) groups is 4. The highest BCUT2D eigenvalue weighted by molar-refractivity contribution is 7.86. The summed E-state index contributed by atoms with van der Waals surface area (Å²) in [7, 11) is -1.84. The molecule has 1 saturated carbocycles. The standard InChI is InChI=1S/C64H54ClN5O8S2/c65-40-47-42-80(75)59-53(58(72)70(59)54(47)60(73)76-55(43-24-8-1-9-25-43)44-26-10-2-11-27-44)67-57(71)52(69-78-63(38-22-23-39-63)61(74)77-56(45-28-12-3-13-29-45)46-30-14-4-15-31-46)51-41-79-62(66-51)68-64(48-32-16-5-17-33-48,49-34-18-6-19-35-49)50-36-20-7-21-37-50/h1-21,24-37,41,53,55-56,59H,22-23,38-40,42H2,(H,66,68)(H,67,71)/b69-52-/t53?,59-,80?/m1/s1. The minimum absolute atomic E-state index is 0.0564. The Morgan fingerprint density at radius 1 is 0.675 bits per heavy atom. The summed E-state index contributed by atoms with van der Waals surface area (Å²) in [6.45, 7) is 0. The van der Waals surface area contributed by atoms with Crippen LogP contribution in [0, 0.1) is 0 Å². The molecule has 2 N–H and O–H groups in total. The highest BCUT2D eigenvalue weighted by atomic mass is 35.5. The number of carbonyl (C=O) groups excluding carboxylic acids is 4. The number of β-lactam (4-membered cyclic amide) rings is 1. The van der Waals surface area contributed by atoms with E-state index in [2.05, 4.69) is 15.8 Å². The molecule has 7 aromatic carbocycles. The number of hydrogen-bond donors (Lipinski definition) is 2. The van der Waals surface area contributed by atoms with Gasteiger partial charge in [0.25, 0.3) is 11.8 Å². The maximum atomic E-state index is 15.2. The van der Waals surface area contributed by atoms with Gasteiger partial charge in [0.2, 0.25) is 5.60 Å². The highest BCUT2D eigenvalue weighted by Gasteiger charge is 2.58. The SMILES string of the molecule is O=C(OC(c1ccccc1)c1ccccc1)C1=C(CCl)CS(=O)[C@@H]2C(NC(=O)/C(=N\OC3(C(=O)OC(c4ccccc4)c4ccccc4)CCCC3)c3csc(NC(c4ccccc4)(c4ccccc4)c4ccccc4)n3)C(=O)N12. The van der Waals surface area contributed by atoms with Gasteiger partial charge in [-0.15, -0.1) is 22.9 Å².